The van der Waals surface area contributed by atoms with Gasteiger partial charge in [-0.05, 0) is 48.3 Å². The summed E-state index contributed by atoms with van der Waals surface area (Å²) >= 11 is 0. The van der Waals surface area contributed by atoms with Crippen LogP contribution in [0, 0.1) is 28.6 Å². The van der Waals surface area contributed by atoms with Gasteiger partial charge in [0.1, 0.15) is 0 Å². The normalized spacial score (nSPS) is 44.4. The van der Waals surface area contributed by atoms with Crippen molar-refractivity contribution in [1.82, 2.24) is 0 Å². The van der Waals surface area contributed by atoms with Crippen LogP contribution in [0.5, 0.6) is 0 Å². The minimum Gasteiger partial charge on any atom is -0.393 e. The fourth-order valence-corrected chi connectivity index (χ4v) is 3.40. The first-order valence-corrected chi connectivity index (χ1v) is 6.65. The molecule has 0 spiro atoms. The van der Waals surface area contributed by atoms with Crippen molar-refractivity contribution >= 4 is 0 Å². The Bertz CT molecular complexity index is 303. The Morgan fingerprint density at radius 1 is 1.25 bits per heavy atom. The maximum absolute atomic E-state index is 9.49. The Kier molecular flexibility index (Phi) is 2.73. The van der Waals surface area contributed by atoms with Gasteiger partial charge in [0.25, 0.3) is 0 Å². The molecule has 1 N–H and O–H groups in total. The molecule has 92 valence electrons. The van der Waals surface area contributed by atoms with E-state index in [1.807, 2.05) is 6.92 Å². The van der Waals surface area contributed by atoms with Crippen LogP contribution in [0.4, 0.5) is 0 Å². The molecule has 0 aromatic heterocycles. The summed E-state index contributed by atoms with van der Waals surface area (Å²) in [5.41, 5.74) is 1.03. The van der Waals surface area contributed by atoms with E-state index < -0.39 is 0 Å². The molecule has 0 aliphatic heterocycles. The maximum Gasteiger partial charge on any atom is 0.0572 e. The molecule has 0 heterocycles. The van der Waals surface area contributed by atoms with Crippen LogP contribution in [-0.4, -0.2) is 11.2 Å². The lowest BCUT2D eigenvalue weighted by Crippen LogP contribution is -2.27. The van der Waals surface area contributed by atoms with E-state index >= 15 is 0 Å². The third kappa shape index (κ3) is 1.64. The zero-order valence-corrected chi connectivity index (χ0v) is 11.3. The summed E-state index contributed by atoms with van der Waals surface area (Å²) in [5, 5.41) is 9.49. The van der Waals surface area contributed by atoms with E-state index in [-0.39, 0.29) is 12.0 Å². The van der Waals surface area contributed by atoms with Crippen LogP contribution in [0.2, 0.25) is 0 Å². The third-order valence-corrected chi connectivity index (χ3v) is 5.76. The van der Waals surface area contributed by atoms with Crippen molar-refractivity contribution in [3.05, 3.63) is 12.2 Å². The van der Waals surface area contributed by atoms with E-state index in [1.165, 1.54) is 12.8 Å². The molecule has 0 bridgehead atoms. The first-order valence-electron chi connectivity index (χ1n) is 6.65. The van der Waals surface area contributed by atoms with Gasteiger partial charge < -0.3 is 5.11 Å². The molecule has 0 aromatic carbocycles. The Morgan fingerprint density at radius 3 is 2.31 bits per heavy atom. The molecular weight excluding hydrogens is 196 g/mol. The van der Waals surface area contributed by atoms with E-state index in [0.29, 0.717) is 16.7 Å². The van der Waals surface area contributed by atoms with Gasteiger partial charge in [-0.2, -0.15) is 0 Å². The number of allylic oxidation sites excluding steroid dienone is 1. The predicted octanol–water partition coefficient (Wildman–Crippen LogP) is 3.63. The average Bonchev–Trinajstić information content (AvgIpc) is 2.79. The fourth-order valence-electron chi connectivity index (χ4n) is 3.40. The van der Waals surface area contributed by atoms with Crippen LogP contribution >= 0.6 is 0 Å². The summed E-state index contributed by atoms with van der Waals surface area (Å²) < 4.78 is 0. The van der Waals surface area contributed by atoms with Crippen LogP contribution in [0.25, 0.3) is 0 Å². The SMILES string of the molecule is CC(O)C(C)/C=C/C1CC2CC2(C)C1(C)C. The van der Waals surface area contributed by atoms with Crippen molar-refractivity contribution in [2.45, 2.75) is 53.6 Å². The maximum atomic E-state index is 9.49. The fraction of sp³-hybridized carbons (Fsp3) is 0.867. The minimum atomic E-state index is -0.231. The number of rotatable bonds is 3. The highest BCUT2D eigenvalue weighted by atomic mass is 16.3. The summed E-state index contributed by atoms with van der Waals surface area (Å²) in [6, 6.07) is 0. The molecule has 2 aliphatic carbocycles. The van der Waals surface area contributed by atoms with Crippen molar-refractivity contribution in [3.8, 4) is 0 Å². The molecule has 1 nitrogen and oxygen atoms in total. The summed E-state index contributed by atoms with van der Waals surface area (Å²) in [4.78, 5) is 0. The minimum absolute atomic E-state index is 0.231. The summed E-state index contributed by atoms with van der Waals surface area (Å²) in [6.07, 6.45) is 7.13. The summed E-state index contributed by atoms with van der Waals surface area (Å²) in [5.74, 6) is 1.94. The van der Waals surface area contributed by atoms with E-state index in [9.17, 15) is 5.11 Å². The highest BCUT2D eigenvalue weighted by Gasteiger charge is 2.66. The Hall–Kier alpha value is -0.300. The number of aliphatic hydroxyl groups excluding tert-OH is 1. The van der Waals surface area contributed by atoms with Crippen molar-refractivity contribution < 1.29 is 5.11 Å². The zero-order chi connectivity index (χ0) is 12.1. The highest BCUT2D eigenvalue weighted by Crippen LogP contribution is 2.74. The van der Waals surface area contributed by atoms with Crippen molar-refractivity contribution in [2.24, 2.45) is 28.6 Å². The molecule has 2 saturated carbocycles. The van der Waals surface area contributed by atoms with Crippen LogP contribution in [0.3, 0.4) is 0 Å². The van der Waals surface area contributed by atoms with E-state index in [1.54, 1.807) is 0 Å². The lowest BCUT2D eigenvalue weighted by atomic mass is 9.71. The lowest BCUT2D eigenvalue weighted by molar-refractivity contribution is 0.154. The van der Waals surface area contributed by atoms with Crippen LogP contribution in [-0.2, 0) is 0 Å². The van der Waals surface area contributed by atoms with Gasteiger partial charge in [-0.3, -0.25) is 0 Å². The summed E-state index contributed by atoms with van der Waals surface area (Å²) in [7, 11) is 0. The van der Waals surface area contributed by atoms with Gasteiger partial charge >= 0.3 is 0 Å². The molecule has 2 fully saturated rings. The van der Waals surface area contributed by atoms with Gasteiger partial charge in [-0.25, -0.2) is 0 Å². The van der Waals surface area contributed by atoms with Gasteiger partial charge in [0, 0.05) is 0 Å². The molecule has 5 unspecified atom stereocenters. The predicted molar refractivity (Wildman–Crippen MR) is 68.1 cm³/mol. The van der Waals surface area contributed by atoms with Gasteiger partial charge in [0.2, 0.25) is 0 Å². The van der Waals surface area contributed by atoms with Crippen molar-refractivity contribution in [1.29, 1.82) is 0 Å². The molecule has 0 radical (unpaired) electrons. The van der Waals surface area contributed by atoms with Gasteiger partial charge in [-0.15, -0.1) is 0 Å². The van der Waals surface area contributed by atoms with Crippen LogP contribution < -0.4 is 0 Å². The van der Waals surface area contributed by atoms with Crippen molar-refractivity contribution in [2.75, 3.05) is 0 Å². The number of fused-ring (bicyclic) bond motifs is 1. The van der Waals surface area contributed by atoms with E-state index in [4.69, 9.17) is 0 Å². The second-order valence-corrected chi connectivity index (χ2v) is 6.87. The topological polar surface area (TPSA) is 20.2 Å². The Morgan fingerprint density at radius 2 is 1.88 bits per heavy atom. The Balaban J connectivity index is 2.03. The molecule has 2 aliphatic rings. The second kappa shape index (κ2) is 3.60. The van der Waals surface area contributed by atoms with E-state index in [0.717, 1.165) is 5.92 Å². The van der Waals surface area contributed by atoms with Crippen molar-refractivity contribution in [3.63, 3.8) is 0 Å². The zero-order valence-electron chi connectivity index (χ0n) is 11.3. The third-order valence-electron chi connectivity index (χ3n) is 5.76. The Labute approximate surface area is 99.9 Å². The largest absolute Gasteiger partial charge is 0.393 e. The molecule has 0 saturated heterocycles. The standard InChI is InChI=1S/C15H26O/c1-10(11(2)16)6-7-12-8-13-9-15(13,5)14(12,3)4/h6-7,10-13,16H,8-9H2,1-5H3/b7-6+. The molecule has 16 heavy (non-hydrogen) atoms. The first-order chi connectivity index (χ1) is 7.29. The quantitative estimate of drug-likeness (QED) is 0.723. The number of hydrogen-bond donors (Lipinski definition) is 1. The van der Waals surface area contributed by atoms with Gasteiger partial charge in [0.05, 0.1) is 6.10 Å². The number of aliphatic hydroxyl groups is 1. The summed E-state index contributed by atoms with van der Waals surface area (Å²) in [6.45, 7) is 11.2. The van der Waals surface area contributed by atoms with Gasteiger partial charge in [0.15, 0.2) is 0 Å². The first kappa shape index (κ1) is 12.2. The molecule has 1 heteroatoms. The smallest absolute Gasteiger partial charge is 0.0572 e. The molecule has 0 aromatic rings. The number of hydrogen-bond acceptors (Lipinski definition) is 1. The van der Waals surface area contributed by atoms with Crippen LogP contribution in [0.1, 0.15) is 47.5 Å². The molecule has 5 atom stereocenters. The molecule has 2 rings (SSSR count). The second-order valence-electron chi connectivity index (χ2n) is 6.87. The molecular formula is C15H26O. The lowest BCUT2D eigenvalue weighted by Gasteiger charge is -2.34. The van der Waals surface area contributed by atoms with Crippen LogP contribution in [0.15, 0.2) is 12.2 Å². The highest BCUT2D eigenvalue weighted by molar-refractivity contribution is 5.19. The van der Waals surface area contributed by atoms with Gasteiger partial charge in [-0.1, -0.05) is 39.8 Å². The molecule has 0 amide bonds. The average molecular weight is 222 g/mol. The monoisotopic (exact) mass is 222 g/mol. The van der Waals surface area contributed by atoms with E-state index in [2.05, 4.69) is 39.8 Å².